The Kier molecular flexibility index (Phi) is 5.11. The van der Waals surface area contributed by atoms with E-state index in [0.29, 0.717) is 29.7 Å². The number of hydrogen-bond donors (Lipinski definition) is 2. The Bertz CT molecular complexity index is 1370. The molecule has 1 atom stereocenters. The lowest BCUT2D eigenvalue weighted by Crippen LogP contribution is -2.27. The number of carbonyl (C=O) groups is 1. The van der Waals surface area contributed by atoms with Crippen LogP contribution in [0.2, 0.25) is 0 Å². The molecule has 0 radical (unpaired) electrons. The number of benzene rings is 2. The molecule has 9 nitrogen and oxygen atoms in total. The van der Waals surface area contributed by atoms with Gasteiger partial charge in [0.05, 0.1) is 23.4 Å². The van der Waals surface area contributed by atoms with E-state index in [2.05, 4.69) is 5.32 Å². The molecule has 1 aromatic heterocycles. The predicted molar refractivity (Wildman–Crippen MR) is 126 cm³/mol. The van der Waals surface area contributed by atoms with Crippen LogP contribution >= 0.6 is 0 Å². The molecular weight excluding hydrogens is 436 g/mol. The molecule has 0 saturated heterocycles. The molecule has 34 heavy (non-hydrogen) atoms. The molecule has 5 rings (SSSR count). The van der Waals surface area contributed by atoms with E-state index in [9.17, 15) is 20.0 Å². The summed E-state index contributed by atoms with van der Waals surface area (Å²) in [5.41, 5.74) is 4.88. The van der Waals surface area contributed by atoms with Gasteiger partial charge in [-0.2, -0.15) is 5.10 Å². The van der Waals surface area contributed by atoms with E-state index in [4.69, 9.17) is 9.84 Å². The number of phenols is 1. The third-order valence-corrected chi connectivity index (χ3v) is 6.52. The van der Waals surface area contributed by atoms with Gasteiger partial charge in [-0.05, 0) is 50.5 Å². The standard InChI is InChI=1S/C25H24N4O5/c1-13-7-9-16(10-8-13)28-25-21(14(2)27-28)22(23-17(26-25)5-4-6-19(23)30)15-11-18(29(32)33)24(31)20(12-15)34-3/h7-12,22,26,31H,4-6H2,1-3H3/t22-/m1/s1. The summed E-state index contributed by atoms with van der Waals surface area (Å²) in [5, 5.41) is 30.2. The Morgan fingerprint density at radius 3 is 2.62 bits per heavy atom. The molecule has 1 aliphatic heterocycles. The fourth-order valence-electron chi connectivity index (χ4n) is 4.90. The topological polar surface area (TPSA) is 120 Å². The maximum Gasteiger partial charge on any atom is 0.314 e. The molecule has 0 amide bonds. The number of aromatic hydroxyl groups is 1. The van der Waals surface area contributed by atoms with Crippen molar-refractivity contribution in [1.82, 2.24) is 9.78 Å². The average Bonchev–Trinajstić information content (AvgIpc) is 3.14. The van der Waals surface area contributed by atoms with Crippen LogP contribution in [0.4, 0.5) is 11.5 Å². The number of rotatable bonds is 4. The number of fused-ring (bicyclic) bond motifs is 1. The molecule has 2 aliphatic rings. The highest BCUT2D eigenvalue weighted by molar-refractivity contribution is 6.01. The van der Waals surface area contributed by atoms with Crippen LogP contribution in [-0.4, -0.2) is 32.7 Å². The number of anilines is 1. The van der Waals surface area contributed by atoms with Gasteiger partial charge in [-0.3, -0.25) is 14.9 Å². The van der Waals surface area contributed by atoms with E-state index >= 15 is 0 Å². The van der Waals surface area contributed by atoms with Crippen molar-refractivity contribution >= 4 is 17.3 Å². The minimum atomic E-state index is -0.649. The Balaban J connectivity index is 1.78. The largest absolute Gasteiger partial charge is 0.500 e. The van der Waals surface area contributed by atoms with E-state index in [0.717, 1.165) is 34.8 Å². The van der Waals surface area contributed by atoms with Gasteiger partial charge in [0.25, 0.3) is 0 Å². The van der Waals surface area contributed by atoms with Crippen molar-refractivity contribution < 1.29 is 19.6 Å². The second-order valence-corrected chi connectivity index (χ2v) is 8.67. The highest BCUT2D eigenvalue weighted by Crippen LogP contribution is 2.50. The zero-order chi connectivity index (χ0) is 24.1. The van der Waals surface area contributed by atoms with Gasteiger partial charge in [-0.15, -0.1) is 0 Å². The van der Waals surface area contributed by atoms with Gasteiger partial charge < -0.3 is 15.2 Å². The Morgan fingerprint density at radius 1 is 1.21 bits per heavy atom. The summed E-state index contributed by atoms with van der Waals surface area (Å²) in [4.78, 5) is 24.2. The van der Waals surface area contributed by atoms with Gasteiger partial charge in [-0.1, -0.05) is 17.7 Å². The number of carbonyl (C=O) groups excluding carboxylic acids is 1. The minimum absolute atomic E-state index is 0.00146. The third kappa shape index (κ3) is 3.32. The van der Waals surface area contributed by atoms with Crippen LogP contribution < -0.4 is 10.1 Å². The fourth-order valence-corrected chi connectivity index (χ4v) is 4.90. The molecule has 174 valence electrons. The molecule has 0 fully saturated rings. The van der Waals surface area contributed by atoms with Crippen LogP contribution in [0.1, 0.15) is 47.6 Å². The summed E-state index contributed by atoms with van der Waals surface area (Å²) in [5.74, 6) is -0.401. The predicted octanol–water partition coefficient (Wildman–Crippen LogP) is 4.68. The molecule has 0 saturated carbocycles. The summed E-state index contributed by atoms with van der Waals surface area (Å²) >= 11 is 0. The van der Waals surface area contributed by atoms with E-state index in [1.165, 1.54) is 13.2 Å². The van der Waals surface area contributed by atoms with Crippen molar-refractivity contribution in [3.63, 3.8) is 0 Å². The Morgan fingerprint density at radius 2 is 1.94 bits per heavy atom. The molecule has 2 N–H and O–H groups in total. The average molecular weight is 460 g/mol. The number of aromatic nitrogens is 2. The molecule has 0 spiro atoms. The summed E-state index contributed by atoms with van der Waals surface area (Å²) in [6, 6.07) is 10.8. The molecule has 0 unspecified atom stereocenters. The number of ketones is 1. The number of nitrogens with one attached hydrogen (secondary N) is 1. The van der Waals surface area contributed by atoms with Gasteiger partial charge in [0.1, 0.15) is 5.82 Å². The number of nitro groups is 1. The van der Waals surface area contributed by atoms with Crippen molar-refractivity contribution in [2.75, 3.05) is 12.4 Å². The molecule has 1 aliphatic carbocycles. The second-order valence-electron chi connectivity index (χ2n) is 8.67. The van der Waals surface area contributed by atoms with Crippen LogP contribution in [0.25, 0.3) is 5.69 Å². The second kappa shape index (κ2) is 8.02. The van der Waals surface area contributed by atoms with Gasteiger partial charge in [-0.25, -0.2) is 4.68 Å². The van der Waals surface area contributed by atoms with Crippen LogP contribution in [0.15, 0.2) is 47.7 Å². The summed E-state index contributed by atoms with van der Waals surface area (Å²) in [7, 11) is 1.34. The van der Waals surface area contributed by atoms with Crippen LogP contribution in [0.5, 0.6) is 11.5 Å². The maximum absolute atomic E-state index is 13.1. The van der Waals surface area contributed by atoms with Crippen molar-refractivity contribution in [3.8, 4) is 17.2 Å². The molecule has 9 heteroatoms. The molecule has 2 aromatic carbocycles. The lowest BCUT2D eigenvalue weighted by atomic mass is 9.76. The van der Waals surface area contributed by atoms with E-state index in [1.807, 2.05) is 42.8 Å². The number of aryl methyl sites for hydroxylation is 2. The van der Waals surface area contributed by atoms with Gasteiger partial charge in [0, 0.05) is 35.2 Å². The number of Topliss-reactive ketones (excluding diaryl/α,β-unsaturated/α-hetero) is 1. The first-order chi connectivity index (χ1) is 16.3. The maximum atomic E-state index is 13.1. The Labute approximate surface area is 195 Å². The monoisotopic (exact) mass is 460 g/mol. The third-order valence-electron chi connectivity index (χ3n) is 6.52. The van der Waals surface area contributed by atoms with Gasteiger partial charge in [0.15, 0.2) is 11.5 Å². The lowest BCUT2D eigenvalue weighted by molar-refractivity contribution is -0.386. The number of hydrogen-bond acceptors (Lipinski definition) is 7. The lowest BCUT2D eigenvalue weighted by Gasteiger charge is -2.33. The van der Waals surface area contributed by atoms with Crippen LogP contribution in [0.3, 0.4) is 0 Å². The fraction of sp³-hybridized carbons (Fsp3) is 0.280. The number of nitrogens with zero attached hydrogens (tertiary/aromatic N) is 3. The SMILES string of the molecule is COc1cc([C@H]2C3=C(CCCC3=O)Nc3c2c(C)nn3-c2ccc(C)cc2)cc([N+](=O)[O-])c1O. The molecule has 0 bridgehead atoms. The van der Waals surface area contributed by atoms with E-state index in [1.54, 1.807) is 6.07 Å². The van der Waals surface area contributed by atoms with Crippen molar-refractivity contribution in [2.45, 2.75) is 39.0 Å². The molecular formula is C25H24N4O5. The number of ether oxygens (including phenoxy) is 1. The van der Waals surface area contributed by atoms with Gasteiger partial charge in [0.2, 0.25) is 5.75 Å². The summed E-state index contributed by atoms with van der Waals surface area (Å²) in [6.45, 7) is 3.88. The number of allylic oxidation sites excluding steroid dienone is 2. The quantitative estimate of drug-likeness (QED) is 0.429. The first-order valence-corrected chi connectivity index (χ1v) is 11.0. The highest BCUT2D eigenvalue weighted by Gasteiger charge is 2.40. The van der Waals surface area contributed by atoms with Crippen molar-refractivity contribution in [1.29, 1.82) is 0 Å². The number of phenolic OH excluding ortho intramolecular Hbond substituents is 1. The van der Waals surface area contributed by atoms with E-state index < -0.39 is 22.3 Å². The zero-order valence-electron chi connectivity index (χ0n) is 19.1. The smallest absolute Gasteiger partial charge is 0.314 e. The Hall–Kier alpha value is -4.14. The first-order valence-electron chi connectivity index (χ1n) is 11.0. The minimum Gasteiger partial charge on any atom is -0.500 e. The van der Waals surface area contributed by atoms with Gasteiger partial charge >= 0.3 is 5.69 Å². The molecule has 2 heterocycles. The number of nitro benzene ring substituents is 1. The van der Waals surface area contributed by atoms with Crippen LogP contribution in [-0.2, 0) is 4.79 Å². The summed E-state index contributed by atoms with van der Waals surface area (Å²) < 4.78 is 7.05. The normalized spacial score (nSPS) is 17.1. The number of methoxy groups -OCH3 is 1. The van der Waals surface area contributed by atoms with Crippen molar-refractivity contribution in [2.24, 2.45) is 0 Å². The van der Waals surface area contributed by atoms with Crippen LogP contribution in [0, 0.1) is 24.0 Å². The highest BCUT2D eigenvalue weighted by atomic mass is 16.6. The van der Waals surface area contributed by atoms with Crippen molar-refractivity contribution in [3.05, 3.63) is 80.2 Å². The summed E-state index contributed by atoms with van der Waals surface area (Å²) in [6.07, 6.45) is 1.82. The zero-order valence-corrected chi connectivity index (χ0v) is 19.1. The molecule has 3 aromatic rings. The first kappa shape index (κ1) is 21.7. The van der Waals surface area contributed by atoms with E-state index in [-0.39, 0.29) is 11.5 Å².